The Morgan fingerprint density at radius 3 is 2.95 bits per heavy atom. The minimum absolute atomic E-state index is 0.829. The van der Waals surface area contributed by atoms with Gasteiger partial charge in [0.1, 0.15) is 0 Å². The van der Waals surface area contributed by atoms with Crippen molar-refractivity contribution < 1.29 is 4.42 Å². The largest absolute Gasteiger partial charge is 0.441 e. The highest BCUT2D eigenvalue weighted by atomic mass is 127. The maximum absolute atomic E-state index is 5.87. The van der Waals surface area contributed by atoms with E-state index in [1.165, 1.54) is 15.6 Å². The summed E-state index contributed by atoms with van der Waals surface area (Å²) in [7, 11) is 0. The lowest BCUT2D eigenvalue weighted by atomic mass is 10.1. The van der Waals surface area contributed by atoms with Crippen molar-refractivity contribution in [1.82, 2.24) is 10.3 Å². The molecule has 0 unspecified atom stereocenters. The maximum atomic E-state index is 5.87. The average Bonchev–Trinajstić information content (AvgIpc) is 2.90. The fraction of sp³-hybridized carbons (Fsp3) is 0.438. The summed E-state index contributed by atoms with van der Waals surface area (Å²) < 4.78 is 7.10. The summed E-state index contributed by atoms with van der Waals surface area (Å²) in [4.78, 5) is 4.38. The van der Waals surface area contributed by atoms with E-state index in [0.717, 1.165) is 43.1 Å². The lowest BCUT2D eigenvalue weighted by Crippen LogP contribution is -2.16. The van der Waals surface area contributed by atoms with Gasteiger partial charge in [-0.2, -0.15) is 0 Å². The van der Waals surface area contributed by atoms with E-state index in [1.54, 1.807) is 0 Å². The van der Waals surface area contributed by atoms with Crippen LogP contribution >= 0.6 is 22.6 Å². The zero-order valence-electron chi connectivity index (χ0n) is 12.1. The fourth-order valence-corrected chi connectivity index (χ4v) is 2.68. The Hall–Kier alpha value is -0.880. The molecule has 2 rings (SSSR count). The monoisotopic (exact) mass is 384 g/mol. The molecule has 4 heteroatoms. The summed E-state index contributed by atoms with van der Waals surface area (Å²) in [6.45, 7) is 6.39. The van der Waals surface area contributed by atoms with Gasteiger partial charge in [-0.25, -0.2) is 4.98 Å². The van der Waals surface area contributed by atoms with E-state index in [2.05, 4.69) is 64.9 Å². The Bertz CT molecular complexity index is 551. The van der Waals surface area contributed by atoms with Gasteiger partial charge in [0, 0.05) is 15.6 Å². The van der Waals surface area contributed by atoms with Crippen molar-refractivity contribution in [2.45, 2.75) is 33.1 Å². The summed E-state index contributed by atoms with van der Waals surface area (Å²) >= 11 is 2.36. The quantitative estimate of drug-likeness (QED) is 0.575. The molecule has 0 radical (unpaired) electrons. The number of nitrogens with zero attached hydrogens (tertiary/aromatic N) is 1. The van der Waals surface area contributed by atoms with E-state index < -0.39 is 0 Å². The smallest absolute Gasteiger partial charge is 0.194 e. The van der Waals surface area contributed by atoms with Crippen LogP contribution in [0.15, 0.2) is 28.8 Å². The third-order valence-electron chi connectivity index (χ3n) is 3.18. The SMILES string of the molecule is CCCNCCCc1ncc(-c2cccc(C)c2I)o1. The molecule has 108 valence electrons. The van der Waals surface area contributed by atoms with Crippen LogP contribution in [-0.4, -0.2) is 18.1 Å². The van der Waals surface area contributed by atoms with Gasteiger partial charge >= 0.3 is 0 Å². The molecule has 0 spiro atoms. The Kier molecular flexibility index (Phi) is 6.04. The Balaban J connectivity index is 1.97. The summed E-state index contributed by atoms with van der Waals surface area (Å²) in [5.41, 5.74) is 2.40. The number of hydrogen-bond donors (Lipinski definition) is 1. The number of aryl methyl sites for hydroxylation is 2. The molecule has 0 aliphatic rings. The third-order valence-corrected chi connectivity index (χ3v) is 4.61. The molecule has 3 nitrogen and oxygen atoms in total. The molecule has 1 aromatic heterocycles. The molecule has 20 heavy (non-hydrogen) atoms. The maximum Gasteiger partial charge on any atom is 0.194 e. The normalized spacial score (nSPS) is 10.9. The summed E-state index contributed by atoms with van der Waals surface area (Å²) in [6, 6.07) is 6.26. The summed E-state index contributed by atoms with van der Waals surface area (Å²) in [5.74, 6) is 1.70. The number of rotatable bonds is 7. The van der Waals surface area contributed by atoms with Crippen molar-refractivity contribution >= 4 is 22.6 Å². The zero-order chi connectivity index (χ0) is 14.4. The van der Waals surface area contributed by atoms with Gasteiger partial charge in [0.15, 0.2) is 11.7 Å². The Morgan fingerprint density at radius 2 is 2.15 bits per heavy atom. The van der Waals surface area contributed by atoms with Gasteiger partial charge in [0.2, 0.25) is 0 Å². The number of halogens is 1. The van der Waals surface area contributed by atoms with Crippen molar-refractivity contribution in [3.8, 4) is 11.3 Å². The topological polar surface area (TPSA) is 38.1 Å². The molecule has 1 heterocycles. The first-order valence-corrected chi connectivity index (χ1v) is 8.21. The van der Waals surface area contributed by atoms with Crippen molar-refractivity contribution in [3.05, 3.63) is 39.4 Å². The second-order valence-corrected chi connectivity index (χ2v) is 5.99. The molecular weight excluding hydrogens is 363 g/mol. The van der Waals surface area contributed by atoms with Crippen LogP contribution in [0.5, 0.6) is 0 Å². The van der Waals surface area contributed by atoms with Crippen LogP contribution in [0.4, 0.5) is 0 Å². The number of oxazole rings is 1. The van der Waals surface area contributed by atoms with E-state index in [-0.39, 0.29) is 0 Å². The number of benzene rings is 1. The van der Waals surface area contributed by atoms with Crippen LogP contribution in [0.3, 0.4) is 0 Å². The van der Waals surface area contributed by atoms with Crippen molar-refractivity contribution in [2.24, 2.45) is 0 Å². The number of aromatic nitrogens is 1. The highest BCUT2D eigenvalue weighted by Crippen LogP contribution is 2.28. The molecule has 0 saturated carbocycles. The molecule has 1 aromatic carbocycles. The van der Waals surface area contributed by atoms with E-state index in [1.807, 2.05) is 6.20 Å². The van der Waals surface area contributed by atoms with Gasteiger partial charge in [0.25, 0.3) is 0 Å². The summed E-state index contributed by atoms with van der Waals surface area (Å²) in [5, 5.41) is 3.39. The van der Waals surface area contributed by atoms with Gasteiger partial charge in [0.05, 0.1) is 6.20 Å². The summed E-state index contributed by atoms with van der Waals surface area (Å²) in [6.07, 6.45) is 4.96. The van der Waals surface area contributed by atoms with Crippen molar-refractivity contribution in [2.75, 3.05) is 13.1 Å². The lowest BCUT2D eigenvalue weighted by Gasteiger charge is -2.03. The van der Waals surface area contributed by atoms with Gasteiger partial charge in [-0.15, -0.1) is 0 Å². The first kappa shape index (κ1) is 15.5. The van der Waals surface area contributed by atoms with Crippen LogP contribution in [0.2, 0.25) is 0 Å². The van der Waals surface area contributed by atoms with E-state index in [9.17, 15) is 0 Å². The first-order valence-electron chi connectivity index (χ1n) is 7.13. The second-order valence-electron chi connectivity index (χ2n) is 4.91. The molecule has 0 bridgehead atoms. The van der Waals surface area contributed by atoms with Crippen LogP contribution in [0.1, 0.15) is 31.2 Å². The highest BCUT2D eigenvalue weighted by molar-refractivity contribution is 14.1. The molecule has 1 N–H and O–H groups in total. The zero-order valence-corrected chi connectivity index (χ0v) is 14.2. The highest BCUT2D eigenvalue weighted by Gasteiger charge is 2.10. The molecule has 0 aliphatic carbocycles. The average molecular weight is 384 g/mol. The third kappa shape index (κ3) is 4.06. The van der Waals surface area contributed by atoms with Gasteiger partial charge < -0.3 is 9.73 Å². The van der Waals surface area contributed by atoms with Gasteiger partial charge in [-0.05, 0) is 61.0 Å². The molecule has 0 atom stereocenters. The number of hydrogen-bond acceptors (Lipinski definition) is 3. The van der Waals surface area contributed by atoms with Crippen LogP contribution < -0.4 is 5.32 Å². The molecule has 0 aliphatic heterocycles. The predicted molar refractivity (Wildman–Crippen MR) is 90.9 cm³/mol. The van der Waals surface area contributed by atoms with Gasteiger partial charge in [-0.1, -0.05) is 25.1 Å². The predicted octanol–water partition coefficient (Wildman–Crippen LogP) is 4.19. The molecule has 0 fully saturated rings. The Labute approximate surface area is 134 Å². The van der Waals surface area contributed by atoms with E-state index in [0.29, 0.717) is 0 Å². The lowest BCUT2D eigenvalue weighted by molar-refractivity contribution is 0.491. The standard InChI is InChI=1S/C16H21IN2O/c1-3-9-18-10-5-8-15-19-11-14(20-15)13-7-4-6-12(2)16(13)17/h4,6-7,11,18H,3,5,8-10H2,1-2H3. The van der Waals surface area contributed by atoms with Crippen LogP contribution in [0.25, 0.3) is 11.3 Å². The molecule has 0 saturated heterocycles. The van der Waals surface area contributed by atoms with Crippen molar-refractivity contribution in [1.29, 1.82) is 0 Å². The minimum Gasteiger partial charge on any atom is -0.441 e. The minimum atomic E-state index is 0.829. The van der Waals surface area contributed by atoms with Gasteiger partial charge in [-0.3, -0.25) is 0 Å². The first-order chi connectivity index (χ1) is 9.72. The van der Waals surface area contributed by atoms with E-state index in [4.69, 9.17) is 4.42 Å². The molecule has 2 aromatic rings. The molecular formula is C16H21IN2O. The fourth-order valence-electron chi connectivity index (χ4n) is 2.05. The molecule has 0 amide bonds. The van der Waals surface area contributed by atoms with Crippen LogP contribution in [0, 0.1) is 10.5 Å². The Morgan fingerprint density at radius 1 is 1.30 bits per heavy atom. The van der Waals surface area contributed by atoms with Crippen LogP contribution in [-0.2, 0) is 6.42 Å². The van der Waals surface area contributed by atoms with E-state index >= 15 is 0 Å². The second kappa shape index (κ2) is 7.78. The van der Waals surface area contributed by atoms with Crippen molar-refractivity contribution in [3.63, 3.8) is 0 Å². The number of nitrogens with one attached hydrogen (secondary N) is 1.